The zero-order valence-corrected chi connectivity index (χ0v) is 20.3. The largest absolute Gasteiger partial charge is 0.496 e. The van der Waals surface area contributed by atoms with Crippen molar-refractivity contribution in [3.05, 3.63) is 57.0 Å². The van der Waals surface area contributed by atoms with Crippen LogP contribution in [0.1, 0.15) is 54.7 Å². The first-order valence-corrected chi connectivity index (χ1v) is 11.7. The smallest absolute Gasteiger partial charge is 0.341 e. The molecule has 7 nitrogen and oxygen atoms in total. The van der Waals surface area contributed by atoms with Gasteiger partial charge < -0.3 is 19.1 Å². The van der Waals surface area contributed by atoms with E-state index in [0.717, 1.165) is 26.6 Å². The fourth-order valence-corrected chi connectivity index (χ4v) is 5.17. The van der Waals surface area contributed by atoms with Gasteiger partial charge in [0.2, 0.25) is 0 Å². The number of carboxylic acids is 1. The number of hydrogen-bond donors (Lipinski definition) is 1. The van der Waals surface area contributed by atoms with Gasteiger partial charge in [0.05, 0.1) is 24.3 Å². The van der Waals surface area contributed by atoms with Crippen LogP contribution in [0.2, 0.25) is 0 Å². The number of aromatic carboxylic acids is 1. The molecule has 0 spiro atoms. The first-order valence-electron chi connectivity index (χ1n) is 10.9. The number of carboxylic acid groups (broad SMARTS) is 1. The molecule has 0 aliphatic carbocycles. The third-order valence-corrected chi connectivity index (χ3v) is 7.01. The van der Waals surface area contributed by atoms with Gasteiger partial charge in [0.25, 0.3) is 0 Å². The van der Waals surface area contributed by atoms with E-state index in [0.29, 0.717) is 31.1 Å². The number of fused-ring (bicyclic) bond motifs is 3. The summed E-state index contributed by atoms with van der Waals surface area (Å²) in [5.41, 5.74) is 2.75. The molecule has 174 valence electrons. The van der Waals surface area contributed by atoms with Crippen LogP contribution in [0.15, 0.2) is 35.4 Å². The average Bonchev–Trinajstić information content (AvgIpc) is 3.23. The SMILES string of the molecule is CCOCc1ncc(-c2cc3c(cc2OC)-c2cc(=O)c(C(=O)O)cn2C(C(C)(C)C)C3)s1. The maximum atomic E-state index is 12.6. The number of nitrogens with zero attached hydrogens (tertiary/aromatic N) is 2. The van der Waals surface area contributed by atoms with Crippen molar-refractivity contribution in [3.63, 3.8) is 0 Å². The number of hydrogen-bond acceptors (Lipinski definition) is 6. The van der Waals surface area contributed by atoms with Crippen LogP contribution in [-0.2, 0) is 17.8 Å². The first kappa shape index (κ1) is 23.2. The van der Waals surface area contributed by atoms with Crippen molar-refractivity contribution in [1.82, 2.24) is 9.55 Å². The van der Waals surface area contributed by atoms with E-state index in [1.165, 1.54) is 12.3 Å². The minimum atomic E-state index is -1.21. The molecule has 0 radical (unpaired) electrons. The van der Waals surface area contributed by atoms with Gasteiger partial charge in [-0.05, 0) is 36.5 Å². The van der Waals surface area contributed by atoms with Crippen molar-refractivity contribution in [2.24, 2.45) is 5.41 Å². The molecule has 0 amide bonds. The number of thiazole rings is 1. The van der Waals surface area contributed by atoms with Gasteiger partial charge in [-0.1, -0.05) is 20.8 Å². The van der Waals surface area contributed by atoms with Gasteiger partial charge in [0, 0.05) is 42.2 Å². The van der Waals surface area contributed by atoms with Crippen LogP contribution >= 0.6 is 11.3 Å². The molecule has 1 aliphatic heterocycles. The molecule has 4 rings (SSSR count). The Morgan fingerprint density at radius 1 is 1.27 bits per heavy atom. The molecule has 1 unspecified atom stereocenters. The van der Waals surface area contributed by atoms with Crippen molar-refractivity contribution >= 4 is 17.3 Å². The third kappa shape index (κ3) is 4.32. The Morgan fingerprint density at radius 3 is 2.67 bits per heavy atom. The topological polar surface area (TPSA) is 90.7 Å². The van der Waals surface area contributed by atoms with Crippen LogP contribution in [-0.4, -0.2) is 34.3 Å². The first-order chi connectivity index (χ1) is 15.6. The average molecular weight is 469 g/mol. The van der Waals surface area contributed by atoms with Crippen molar-refractivity contribution in [2.75, 3.05) is 13.7 Å². The standard InChI is InChI=1S/C25H28N2O5S/c1-6-32-13-23-26-11-21(33-23)16-7-14-8-22(25(2,3)4)27-12-17(24(29)30)19(28)10-18(27)15(14)9-20(16)31-5/h7,9-12,22H,6,8,13H2,1-5H3,(H,29,30). The van der Waals surface area contributed by atoms with E-state index < -0.39 is 11.4 Å². The molecule has 0 bridgehead atoms. The lowest BCUT2D eigenvalue weighted by molar-refractivity contribution is 0.0693. The predicted molar refractivity (Wildman–Crippen MR) is 128 cm³/mol. The second-order valence-corrected chi connectivity index (χ2v) is 10.3. The van der Waals surface area contributed by atoms with Crippen LogP contribution in [0.5, 0.6) is 5.75 Å². The number of ether oxygens (including phenoxy) is 2. The number of carbonyl (C=O) groups is 1. The van der Waals surface area contributed by atoms with Gasteiger partial charge >= 0.3 is 5.97 Å². The minimum absolute atomic E-state index is 0.0186. The summed E-state index contributed by atoms with van der Waals surface area (Å²) in [6.07, 6.45) is 4.03. The Morgan fingerprint density at radius 2 is 2.03 bits per heavy atom. The van der Waals surface area contributed by atoms with Crippen LogP contribution in [0, 0.1) is 5.41 Å². The molecule has 1 atom stereocenters. The van der Waals surface area contributed by atoms with Crippen LogP contribution in [0.25, 0.3) is 21.7 Å². The van der Waals surface area contributed by atoms with Gasteiger partial charge in [-0.3, -0.25) is 4.79 Å². The second kappa shape index (κ2) is 8.76. The third-order valence-electron chi connectivity index (χ3n) is 6.01. The molecule has 1 N–H and O–H groups in total. The number of methoxy groups -OCH3 is 1. The predicted octanol–water partition coefficient (Wildman–Crippen LogP) is 5.03. The summed E-state index contributed by atoms with van der Waals surface area (Å²) < 4.78 is 13.2. The van der Waals surface area contributed by atoms with E-state index >= 15 is 0 Å². The van der Waals surface area contributed by atoms with Crippen molar-refractivity contribution in [2.45, 2.75) is 46.8 Å². The Bertz CT molecular complexity index is 1270. The maximum Gasteiger partial charge on any atom is 0.341 e. The summed E-state index contributed by atoms with van der Waals surface area (Å²) in [5.74, 6) is -0.536. The van der Waals surface area contributed by atoms with Crippen LogP contribution < -0.4 is 10.2 Å². The lowest BCUT2D eigenvalue weighted by atomic mass is 9.78. The van der Waals surface area contributed by atoms with E-state index in [-0.39, 0.29) is 17.0 Å². The van der Waals surface area contributed by atoms with Crippen LogP contribution in [0.4, 0.5) is 0 Å². The zero-order valence-electron chi connectivity index (χ0n) is 19.5. The van der Waals surface area contributed by atoms with Gasteiger partial charge in [-0.15, -0.1) is 11.3 Å². The fraction of sp³-hybridized carbons (Fsp3) is 0.400. The Hall–Kier alpha value is -2.97. The highest BCUT2D eigenvalue weighted by molar-refractivity contribution is 7.15. The maximum absolute atomic E-state index is 12.6. The lowest BCUT2D eigenvalue weighted by Gasteiger charge is -2.39. The van der Waals surface area contributed by atoms with E-state index in [9.17, 15) is 14.7 Å². The van der Waals surface area contributed by atoms with Crippen LogP contribution in [0.3, 0.4) is 0 Å². The highest BCUT2D eigenvalue weighted by Gasteiger charge is 2.34. The summed E-state index contributed by atoms with van der Waals surface area (Å²) >= 11 is 1.57. The molecular weight excluding hydrogens is 440 g/mol. The molecule has 3 heterocycles. The fourth-order valence-electron chi connectivity index (χ4n) is 4.30. The Balaban J connectivity index is 1.90. The molecule has 0 saturated heterocycles. The summed E-state index contributed by atoms with van der Waals surface area (Å²) in [7, 11) is 1.62. The molecule has 1 aliphatic rings. The quantitative estimate of drug-likeness (QED) is 0.546. The van der Waals surface area contributed by atoms with Gasteiger partial charge in [0.15, 0.2) is 5.43 Å². The van der Waals surface area contributed by atoms with E-state index in [4.69, 9.17) is 9.47 Å². The summed E-state index contributed by atoms with van der Waals surface area (Å²) in [6.45, 7) is 9.43. The van der Waals surface area contributed by atoms with Crippen molar-refractivity contribution in [3.8, 4) is 27.4 Å². The van der Waals surface area contributed by atoms with E-state index in [2.05, 4.69) is 31.8 Å². The molecule has 1 aromatic carbocycles. The summed E-state index contributed by atoms with van der Waals surface area (Å²) in [5, 5.41) is 10.4. The number of rotatable bonds is 6. The number of pyridine rings is 1. The Kier molecular flexibility index (Phi) is 6.16. The summed E-state index contributed by atoms with van der Waals surface area (Å²) in [6, 6.07) is 5.47. The molecule has 3 aromatic rings. The minimum Gasteiger partial charge on any atom is -0.496 e. The normalized spacial score (nSPS) is 15.1. The molecule has 0 fully saturated rings. The molecule has 8 heteroatoms. The molecule has 2 aromatic heterocycles. The summed E-state index contributed by atoms with van der Waals surface area (Å²) in [4.78, 5) is 29.7. The van der Waals surface area contributed by atoms with E-state index in [1.807, 2.05) is 23.8 Å². The van der Waals surface area contributed by atoms with E-state index in [1.54, 1.807) is 18.4 Å². The Labute approximate surface area is 196 Å². The van der Waals surface area contributed by atoms with Crippen molar-refractivity contribution < 1.29 is 19.4 Å². The van der Waals surface area contributed by atoms with Gasteiger partial charge in [0.1, 0.15) is 16.3 Å². The van der Waals surface area contributed by atoms with Gasteiger partial charge in [-0.2, -0.15) is 0 Å². The lowest BCUT2D eigenvalue weighted by Crippen LogP contribution is -2.32. The zero-order chi connectivity index (χ0) is 23.9. The highest BCUT2D eigenvalue weighted by atomic mass is 32.1. The molecule has 33 heavy (non-hydrogen) atoms. The molecular formula is C25H28N2O5S. The molecule has 0 saturated carbocycles. The van der Waals surface area contributed by atoms with Gasteiger partial charge in [-0.25, -0.2) is 9.78 Å². The highest BCUT2D eigenvalue weighted by Crippen LogP contribution is 2.46. The number of benzene rings is 1. The second-order valence-electron chi connectivity index (χ2n) is 9.20. The van der Waals surface area contributed by atoms with Crippen molar-refractivity contribution in [1.29, 1.82) is 0 Å². The number of aromatic nitrogens is 2. The monoisotopic (exact) mass is 468 g/mol.